The molecular formula is C8H8FO. The Bertz CT molecular complexity index is 233. The number of phenolic OH excluding ortho intramolecular Hbond substituents is 1. The maximum atomic E-state index is 12.3. The predicted octanol–water partition coefficient (Wildman–Crippen LogP) is 2.10. The molecule has 1 rings (SSSR count). The van der Waals surface area contributed by atoms with Gasteiger partial charge in [0.1, 0.15) is 11.6 Å². The molecule has 0 amide bonds. The Morgan fingerprint density at radius 2 is 2.20 bits per heavy atom. The lowest BCUT2D eigenvalue weighted by Gasteiger charge is -1.98. The van der Waals surface area contributed by atoms with Crippen LogP contribution in [0.25, 0.3) is 0 Å². The van der Waals surface area contributed by atoms with Crippen LogP contribution in [0.5, 0.6) is 5.75 Å². The lowest BCUT2D eigenvalue weighted by molar-refractivity contribution is 0.466. The normalized spacial score (nSPS) is 9.80. The van der Waals surface area contributed by atoms with E-state index in [1.54, 1.807) is 13.3 Å². The van der Waals surface area contributed by atoms with E-state index in [0.717, 1.165) is 6.07 Å². The molecule has 0 aromatic heterocycles. The Labute approximate surface area is 59.1 Å². The standard InChI is InChI=1S/C8H8FO/c1-2-6-3-4-7(9)5-8(6)10/h2-5,10H,1H3. The molecule has 10 heavy (non-hydrogen) atoms. The zero-order chi connectivity index (χ0) is 7.56. The average molecular weight is 139 g/mol. The van der Waals surface area contributed by atoms with E-state index in [2.05, 4.69) is 0 Å². The first-order valence-electron chi connectivity index (χ1n) is 3.02. The molecule has 2 heteroatoms. The van der Waals surface area contributed by atoms with E-state index in [4.69, 9.17) is 5.11 Å². The molecule has 53 valence electrons. The minimum atomic E-state index is -0.414. The molecule has 0 heterocycles. The van der Waals surface area contributed by atoms with E-state index in [0.29, 0.717) is 5.56 Å². The first-order valence-corrected chi connectivity index (χ1v) is 3.02. The van der Waals surface area contributed by atoms with E-state index in [1.807, 2.05) is 0 Å². The van der Waals surface area contributed by atoms with Crippen LogP contribution in [0, 0.1) is 12.2 Å². The molecule has 0 saturated carbocycles. The van der Waals surface area contributed by atoms with E-state index in [9.17, 15) is 4.39 Å². The van der Waals surface area contributed by atoms with Crippen molar-refractivity contribution >= 4 is 0 Å². The average Bonchev–Trinajstić information content (AvgIpc) is 1.88. The summed E-state index contributed by atoms with van der Waals surface area (Å²) < 4.78 is 12.3. The molecule has 1 radical (unpaired) electrons. The van der Waals surface area contributed by atoms with Gasteiger partial charge in [-0.15, -0.1) is 0 Å². The van der Waals surface area contributed by atoms with Crippen molar-refractivity contribution < 1.29 is 9.50 Å². The Kier molecular flexibility index (Phi) is 1.90. The third-order valence-electron chi connectivity index (χ3n) is 1.30. The Morgan fingerprint density at radius 1 is 1.50 bits per heavy atom. The van der Waals surface area contributed by atoms with Crippen molar-refractivity contribution in [2.45, 2.75) is 6.92 Å². The minimum absolute atomic E-state index is 0.0116. The van der Waals surface area contributed by atoms with Gasteiger partial charge in [-0.05, 0) is 18.1 Å². The molecule has 0 aliphatic heterocycles. The number of aromatic hydroxyl groups is 1. The molecule has 0 aliphatic carbocycles. The highest BCUT2D eigenvalue weighted by molar-refractivity contribution is 5.37. The second-order valence-corrected chi connectivity index (χ2v) is 1.99. The van der Waals surface area contributed by atoms with Gasteiger partial charge in [0.25, 0.3) is 0 Å². The fourth-order valence-corrected chi connectivity index (χ4v) is 0.761. The van der Waals surface area contributed by atoms with E-state index >= 15 is 0 Å². The van der Waals surface area contributed by atoms with Crippen molar-refractivity contribution in [3.63, 3.8) is 0 Å². The van der Waals surface area contributed by atoms with E-state index in [1.165, 1.54) is 12.1 Å². The summed E-state index contributed by atoms with van der Waals surface area (Å²) in [5.74, 6) is -0.425. The van der Waals surface area contributed by atoms with Crippen molar-refractivity contribution in [3.05, 3.63) is 36.0 Å². The number of hydrogen-bond donors (Lipinski definition) is 1. The lowest BCUT2D eigenvalue weighted by atomic mass is 10.1. The first kappa shape index (κ1) is 7.06. The fourth-order valence-electron chi connectivity index (χ4n) is 0.761. The van der Waals surface area contributed by atoms with Crippen LogP contribution >= 0.6 is 0 Å². The van der Waals surface area contributed by atoms with Gasteiger partial charge >= 0.3 is 0 Å². The zero-order valence-electron chi connectivity index (χ0n) is 5.63. The van der Waals surface area contributed by atoms with E-state index in [-0.39, 0.29) is 5.75 Å². The van der Waals surface area contributed by atoms with Gasteiger partial charge in [0.15, 0.2) is 0 Å². The number of phenols is 1. The van der Waals surface area contributed by atoms with Crippen molar-refractivity contribution in [2.75, 3.05) is 0 Å². The van der Waals surface area contributed by atoms with Gasteiger partial charge < -0.3 is 5.11 Å². The molecule has 0 spiro atoms. The van der Waals surface area contributed by atoms with Gasteiger partial charge in [0.2, 0.25) is 0 Å². The molecule has 0 aliphatic rings. The summed E-state index contributed by atoms with van der Waals surface area (Å²) in [6, 6.07) is 3.94. The SMILES string of the molecule is C[CH]c1ccc(F)cc1O. The molecular weight excluding hydrogens is 131 g/mol. The molecule has 0 fully saturated rings. The van der Waals surface area contributed by atoms with Crippen LogP contribution in [-0.2, 0) is 0 Å². The quantitative estimate of drug-likeness (QED) is 0.631. The molecule has 0 atom stereocenters. The minimum Gasteiger partial charge on any atom is -0.508 e. The lowest BCUT2D eigenvalue weighted by Crippen LogP contribution is -1.80. The number of rotatable bonds is 1. The second-order valence-electron chi connectivity index (χ2n) is 1.99. The van der Waals surface area contributed by atoms with Crippen LogP contribution in [0.1, 0.15) is 12.5 Å². The molecule has 1 aromatic rings. The van der Waals surface area contributed by atoms with E-state index < -0.39 is 5.82 Å². The summed E-state index contributed by atoms with van der Waals surface area (Å²) in [6.07, 6.45) is 1.72. The van der Waals surface area contributed by atoms with Crippen LogP contribution < -0.4 is 0 Å². The molecule has 0 unspecified atom stereocenters. The number of hydrogen-bond acceptors (Lipinski definition) is 1. The third kappa shape index (κ3) is 1.26. The van der Waals surface area contributed by atoms with Gasteiger partial charge in [0.05, 0.1) is 0 Å². The first-order chi connectivity index (χ1) is 4.74. The van der Waals surface area contributed by atoms with Gasteiger partial charge in [-0.25, -0.2) is 4.39 Å². The van der Waals surface area contributed by atoms with Crippen molar-refractivity contribution in [1.82, 2.24) is 0 Å². The molecule has 0 saturated heterocycles. The number of halogens is 1. The van der Waals surface area contributed by atoms with Gasteiger partial charge in [-0.1, -0.05) is 13.0 Å². The number of benzene rings is 1. The van der Waals surface area contributed by atoms with Crippen LogP contribution in [0.3, 0.4) is 0 Å². The summed E-state index contributed by atoms with van der Waals surface area (Å²) in [5.41, 5.74) is 0.654. The highest BCUT2D eigenvalue weighted by Crippen LogP contribution is 2.18. The predicted molar refractivity (Wildman–Crippen MR) is 37.1 cm³/mol. The fraction of sp³-hybridized carbons (Fsp3) is 0.125. The molecule has 1 N–H and O–H groups in total. The van der Waals surface area contributed by atoms with Crippen molar-refractivity contribution in [3.8, 4) is 5.75 Å². The zero-order valence-corrected chi connectivity index (χ0v) is 5.63. The highest BCUT2D eigenvalue weighted by atomic mass is 19.1. The van der Waals surface area contributed by atoms with Gasteiger partial charge in [-0.2, -0.15) is 0 Å². The Morgan fingerprint density at radius 3 is 2.70 bits per heavy atom. The van der Waals surface area contributed by atoms with Crippen molar-refractivity contribution in [2.24, 2.45) is 0 Å². The molecule has 1 aromatic carbocycles. The van der Waals surface area contributed by atoms with Crippen LogP contribution in [0.4, 0.5) is 4.39 Å². The smallest absolute Gasteiger partial charge is 0.126 e. The van der Waals surface area contributed by atoms with Crippen molar-refractivity contribution in [1.29, 1.82) is 0 Å². The second kappa shape index (κ2) is 2.69. The molecule has 1 nitrogen and oxygen atoms in total. The third-order valence-corrected chi connectivity index (χ3v) is 1.30. The highest BCUT2D eigenvalue weighted by Gasteiger charge is 1.98. The Balaban J connectivity index is 3.07. The Hall–Kier alpha value is -1.05. The molecule has 0 bridgehead atoms. The van der Waals surface area contributed by atoms with Crippen LogP contribution in [0.2, 0.25) is 0 Å². The van der Waals surface area contributed by atoms with Gasteiger partial charge in [-0.3, -0.25) is 0 Å². The largest absolute Gasteiger partial charge is 0.508 e. The summed E-state index contributed by atoms with van der Waals surface area (Å²) in [5, 5.41) is 9.02. The van der Waals surface area contributed by atoms with Gasteiger partial charge in [0, 0.05) is 6.07 Å². The monoisotopic (exact) mass is 139 g/mol. The summed E-state index contributed by atoms with van der Waals surface area (Å²) in [7, 11) is 0. The topological polar surface area (TPSA) is 20.2 Å². The van der Waals surface area contributed by atoms with Crippen LogP contribution in [-0.4, -0.2) is 5.11 Å². The summed E-state index contributed by atoms with van der Waals surface area (Å²) >= 11 is 0. The van der Waals surface area contributed by atoms with Crippen LogP contribution in [0.15, 0.2) is 18.2 Å². The maximum Gasteiger partial charge on any atom is 0.126 e. The maximum absolute atomic E-state index is 12.3. The summed E-state index contributed by atoms with van der Waals surface area (Å²) in [4.78, 5) is 0. The summed E-state index contributed by atoms with van der Waals surface area (Å²) in [6.45, 7) is 1.78.